The zero-order chi connectivity index (χ0) is 17.8. The van der Waals surface area contributed by atoms with Crippen LogP contribution in [0.5, 0.6) is 0 Å². The molecular weight excluding hydrogens is 336 g/mol. The highest BCUT2D eigenvalue weighted by atomic mass is 35.5. The number of rotatable bonds is 5. The fourth-order valence-electron chi connectivity index (χ4n) is 2.68. The van der Waals surface area contributed by atoms with Crippen molar-refractivity contribution in [2.75, 3.05) is 0 Å². The number of benzene rings is 2. The number of nitrogens with zero attached hydrogens (tertiary/aromatic N) is 3. The van der Waals surface area contributed by atoms with Crippen molar-refractivity contribution in [1.82, 2.24) is 15.0 Å². The fourth-order valence-corrected chi connectivity index (χ4v) is 2.87. The minimum Gasteiger partial charge on any atom is -0.331 e. The smallest absolute Gasteiger partial charge is 0.247 e. The van der Waals surface area contributed by atoms with Gasteiger partial charge in [-0.25, -0.2) is 10.4 Å². The molecule has 3 aromatic rings. The molecule has 0 saturated heterocycles. The molecule has 1 heterocycles. The van der Waals surface area contributed by atoms with Crippen molar-refractivity contribution in [1.29, 1.82) is 0 Å². The molecule has 0 spiro atoms. The molecule has 2 aromatic carbocycles. The van der Waals surface area contributed by atoms with Gasteiger partial charge in [-0.15, -0.1) is 0 Å². The minimum absolute atomic E-state index is 0.168. The summed E-state index contributed by atoms with van der Waals surface area (Å²) in [6, 6.07) is 15.2. The summed E-state index contributed by atoms with van der Waals surface area (Å²) in [5, 5.41) is 4.90. The molecule has 0 aliphatic heterocycles. The van der Waals surface area contributed by atoms with Crippen molar-refractivity contribution >= 4 is 34.3 Å². The first-order valence-electron chi connectivity index (χ1n) is 8.10. The van der Waals surface area contributed by atoms with E-state index in [1.807, 2.05) is 67.1 Å². The lowest BCUT2D eigenvalue weighted by Crippen LogP contribution is -2.23. The van der Waals surface area contributed by atoms with Gasteiger partial charge in [0, 0.05) is 12.1 Å². The van der Waals surface area contributed by atoms with Crippen LogP contribution in [0.15, 0.2) is 53.6 Å². The zero-order valence-corrected chi connectivity index (χ0v) is 14.9. The number of para-hydroxylation sites is 2. The maximum atomic E-state index is 12.3. The Hall–Kier alpha value is -2.66. The van der Waals surface area contributed by atoms with E-state index in [9.17, 15) is 4.79 Å². The third kappa shape index (κ3) is 3.88. The molecule has 0 bridgehead atoms. The zero-order valence-electron chi connectivity index (χ0n) is 14.2. The average molecular weight is 355 g/mol. The van der Waals surface area contributed by atoms with E-state index in [1.165, 1.54) is 0 Å². The third-order valence-corrected chi connectivity index (χ3v) is 4.24. The number of imidazole rings is 1. The summed E-state index contributed by atoms with van der Waals surface area (Å²) in [7, 11) is 1.91. The van der Waals surface area contributed by atoms with Crippen LogP contribution in [0.25, 0.3) is 11.0 Å². The second-order valence-corrected chi connectivity index (χ2v) is 6.15. The normalized spacial score (nSPS) is 11.7. The SMILES string of the molecule is CC/C(=N\NC(=O)Cc1nc2ccccc2n1C)c1cccc(Cl)c1. The summed E-state index contributed by atoms with van der Waals surface area (Å²) >= 11 is 6.02. The Bertz CT molecular complexity index is 946. The van der Waals surface area contributed by atoms with E-state index in [0.717, 1.165) is 22.3 Å². The van der Waals surface area contributed by atoms with Crippen LogP contribution in [0.4, 0.5) is 0 Å². The van der Waals surface area contributed by atoms with E-state index in [2.05, 4.69) is 15.5 Å². The summed E-state index contributed by atoms with van der Waals surface area (Å²) in [5.74, 6) is 0.501. The highest BCUT2D eigenvalue weighted by molar-refractivity contribution is 6.31. The van der Waals surface area contributed by atoms with Gasteiger partial charge in [-0.2, -0.15) is 5.10 Å². The van der Waals surface area contributed by atoms with Gasteiger partial charge >= 0.3 is 0 Å². The summed E-state index contributed by atoms with van der Waals surface area (Å²) in [6.07, 6.45) is 0.855. The first-order chi connectivity index (χ1) is 12.1. The minimum atomic E-state index is -0.202. The number of aryl methyl sites for hydroxylation is 1. The molecule has 0 fully saturated rings. The first-order valence-corrected chi connectivity index (χ1v) is 8.48. The van der Waals surface area contributed by atoms with Gasteiger partial charge in [0.25, 0.3) is 0 Å². The molecule has 1 amide bonds. The number of hydrogen-bond acceptors (Lipinski definition) is 3. The Labute approximate surface area is 151 Å². The van der Waals surface area contributed by atoms with Crippen molar-refractivity contribution in [3.63, 3.8) is 0 Å². The van der Waals surface area contributed by atoms with Crippen LogP contribution in [0.1, 0.15) is 24.7 Å². The van der Waals surface area contributed by atoms with E-state index >= 15 is 0 Å². The van der Waals surface area contributed by atoms with Crippen LogP contribution < -0.4 is 5.43 Å². The van der Waals surface area contributed by atoms with E-state index in [-0.39, 0.29) is 12.3 Å². The Kier molecular flexibility index (Phi) is 5.14. The van der Waals surface area contributed by atoms with E-state index in [4.69, 9.17) is 11.6 Å². The lowest BCUT2D eigenvalue weighted by Gasteiger charge is -2.06. The first kappa shape index (κ1) is 17.2. The molecule has 6 heteroatoms. The van der Waals surface area contributed by atoms with Gasteiger partial charge < -0.3 is 4.57 Å². The van der Waals surface area contributed by atoms with Gasteiger partial charge in [-0.1, -0.05) is 42.8 Å². The predicted octanol–water partition coefficient (Wildman–Crippen LogP) is 3.70. The number of carbonyl (C=O) groups is 1. The van der Waals surface area contributed by atoms with Gasteiger partial charge in [0.05, 0.1) is 23.2 Å². The maximum Gasteiger partial charge on any atom is 0.247 e. The van der Waals surface area contributed by atoms with E-state index in [0.29, 0.717) is 17.3 Å². The molecule has 0 saturated carbocycles. The van der Waals surface area contributed by atoms with Crippen molar-refractivity contribution in [2.24, 2.45) is 12.1 Å². The molecule has 0 unspecified atom stereocenters. The molecule has 128 valence electrons. The molecule has 0 atom stereocenters. The molecule has 3 rings (SSSR count). The summed E-state index contributed by atoms with van der Waals surface area (Å²) in [4.78, 5) is 16.8. The van der Waals surface area contributed by atoms with Crippen molar-refractivity contribution in [2.45, 2.75) is 19.8 Å². The number of fused-ring (bicyclic) bond motifs is 1. The number of hydrazone groups is 1. The Morgan fingerprint density at radius 3 is 2.76 bits per heavy atom. The second kappa shape index (κ2) is 7.49. The van der Waals surface area contributed by atoms with Crippen molar-refractivity contribution < 1.29 is 4.79 Å². The highest BCUT2D eigenvalue weighted by Gasteiger charge is 2.11. The van der Waals surface area contributed by atoms with Gasteiger partial charge in [0.1, 0.15) is 5.82 Å². The summed E-state index contributed by atoms with van der Waals surface area (Å²) in [5.41, 5.74) is 6.18. The molecule has 0 radical (unpaired) electrons. The molecule has 0 aliphatic carbocycles. The van der Waals surface area contributed by atoms with Crippen molar-refractivity contribution in [3.8, 4) is 0 Å². The monoisotopic (exact) mass is 354 g/mol. The topological polar surface area (TPSA) is 59.3 Å². The van der Waals surface area contributed by atoms with Crippen LogP contribution in [-0.2, 0) is 18.3 Å². The lowest BCUT2D eigenvalue weighted by atomic mass is 10.1. The Balaban J connectivity index is 1.74. The fraction of sp³-hybridized carbons (Fsp3) is 0.211. The average Bonchev–Trinajstić information content (AvgIpc) is 2.92. The quantitative estimate of drug-likeness (QED) is 0.561. The largest absolute Gasteiger partial charge is 0.331 e. The van der Waals surface area contributed by atoms with Gasteiger partial charge in [-0.05, 0) is 36.2 Å². The standard InChI is InChI=1S/C19H19ClN4O/c1-3-15(13-7-6-8-14(20)11-13)22-23-19(25)12-18-21-16-9-4-5-10-17(16)24(18)2/h4-11H,3,12H2,1-2H3,(H,23,25)/b22-15+. The third-order valence-electron chi connectivity index (χ3n) is 4.01. The number of hydrogen-bond donors (Lipinski definition) is 1. The number of nitrogens with one attached hydrogen (secondary N) is 1. The lowest BCUT2D eigenvalue weighted by molar-refractivity contribution is -0.120. The van der Waals surface area contributed by atoms with Gasteiger partial charge in [-0.3, -0.25) is 4.79 Å². The number of aromatic nitrogens is 2. The van der Waals surface area contributed by atoms with Gasteiger partial charge in [0.15, 0.2) is 0 Å². The highest BCUT2D eigenvalue weighted by Crippen LogP contribution is 2.15. The summed E-state index contributed by atoms with van der Waals surface area (Å²) in [6.45, 7) is 1.98. The molecule has 1 N–H and O–H groups in total. The van der Waals surface area contributed by atoms with Gasteiger partial charge in [0.2, 0.25) is 5.91 Å². The van der Waals surface area contributed by atoms with Crippen LogP contribution >= 0.6 is 11.6 Å². The summed E-state index contributed by atoms with van der Waals surface area (Å²) < 4.78 is 1.93. The number of halogens is 1. The van der Waals surface area contributed by atoms with Crippen LogP contribution in [0.3, 0.4) is 0 Å². The number of carbonyl (C=O) groups excluding carboxylic acids is 1. The van der Waals surface area contributed by atoms with Crippen LogP contribution in [-0.4, -0.2) is 21.2 Å². The molecular formula is C19H19ClN4O. The molecule has 1 aromatic heterocycles. The molecule has 25 heavy (non-hydrogen) atoms. The van der Waals surface area contributed by atoms with Crippen molar-refractivity contribution in [3.05, 3.63) is 64.9 Å². The Morgan fingerprint density at radius 2 is 2.04 bits per heavy atom. The van der Waals surface area contributed by atoms with E-state index < -0.39 is 0 Å². The maximum absolute atomic E-state index is 12.3. The second-order valence-electron chi connectivity index (χ2n) is 5.71. The van der Waals surface area contributed by atoms with E-state index in [1.54, 1.807) is 0 Å². The van der Waals surface area contributed by atoms with Crippen LogP contribution in [0, 0.1) is 0 Å². The van der Waals surface area contributed by atoms with Crippen LogP contribution in [0.2, 0.25) is 5.02 Å². The molecule has 0 aliphatic rings. The molecule has 5 nitrogen and oxygen atoms in total. The predicted molar refractivity (Wildman–Crippen MR) is 101 cm³/mol. The Morgan fingerprint density at radius 1 is 1.24 bits per heavy atom. The number of amides is 1.